The molecular formula is C27H22ClF2N7O5. The number of fused-ring (bicyclic) bond motifs is 1. The lowest BCUT2D eigenvalue weighted by atomic mass is 10.2. The molecule has 2 aromatic carbocycles. The van der Waals surface area contributed by atoms with Gasteiger partial charge in [0, 0.05) is 49.4 Å². The van der Waals surface area contributed by atoms with Gasteiger partial charge in [-0.2, -0.15) is 5.10 Å². The molecule has 15 heteroatoms. The zero-order chi connectivity index (χ0) is 30.1. The van der Waals surface area contributed by atoms with Gasteiger partial charge in [-0.25, -0.2) is 27.5 Å². The second-order valence-corrected chi connectivity index (χ2v) is 9.53. The number of aryl methyl sites for hydroxylation is 1. The van der Waals surface area contributed by atoms with Crippen LogP contribution in [0.25, 0.3) is 16.7 Å². The number of aromatic nitrogens is 5. The summed E-state index contributed by atoms with van der Waals surface area (Å²) in [5, 5.41) is 19.6. The van der Waals surface area contributed by atoms with Crippen molar-refractivity contribution in [3.05, 3.63) is 99.0 Å². The molecule has 0 fully saturated rings. The van der Waals surface area contributed by atoms with Crippen molar-refractivity contribution < 1.29 is 23.4 Å². The average Bonchev–Trinajstić information content (AvgIpc) is 3.39. The summed E-state index contributed by atoms with van der Waals surface area (Å²) in [6, 6.07) is 9.19. The summed E-state index contributed by atoms with van der Waals surface area (Å²) in [5.41, 5.74) is -1.99. The number of nitrogens with zero attached hydrogens (tertiary/aromatic N) is 5. The van der Waals surface area contributed by atoms with Crippen molar-refractivity contribution in [2.45, 2.75) is 13.0 Å². The Bertz CT molecular complexity index is 1920. The molecule has 12 nitrogen and oxygen atoms in total. The third-order valence-electron chi connectivity index (χ3n) is 6.19. The molecule has 0 bridgehead atoms. The Morgan fingerprint density at radius 1 is 1.17 bits per heavy atom. The maximum absolute atomic E-state index is 15.2. The molecule has 42 heavy (non-hydrogen) atoms. The van der Waals surface area contributed by atoms with Crippen molar-refractivity contribution >= 4 is 40.2 Å². The van der Waals surface area contributed by atoms with Crippen LogP contribution in [-0.4, -0.2) is 48.0 Å². The molecule has 216 valence electrons. The van der Waals surface area contributed by atoms with Crippen LogP contribution < -0.4 is 25.7 Å². The minimum Gasteiger partial charge on any atom is -0.453 e. The Balaban J connectivity index is 1.45. The molecule has 3 heterocycles. The minimum atomic E-state index is -1.04. The molecule has 1 amide bonds. The quantitative estimate of drug-likeness (QED) is 0.230. The highest BCUT2D eigenvalue weighted by molar-refractivity contribution is 6.39. The molecule has 0 saturated carbocycles. The Labute approximate surface area is 240 Å². The van der Waals surface area contributed by atoms with E-state index < -0.39 is 34.4 Å². The van der Waals surface area contributed by atoms with Crippen LogP contribution in [0.2, 0.25) is 0 Å². The van der Waals surface area contributed by atoms with Crippen molar-refractivity contribution in [2.24, 2.45) is 7.05 Å². The standard InChI is InChI=1S/C27H22ClF2N7O5/c1-14(13-38)32-24-22-21(9-10-31-23(22)33-34-24)42-20-8-7-17(11-19(20)30)37(28)26(40)18-12-35(2)27(41)36(25(18)39)16-5-3-15(29)4-6-16/h3-12,14,38H,13H2,1-2H3,(H2,31,32,33,34)/t14-/m1/s1. The van der Waals surface area contributed by atoms with E-state index in [-0.39, 0.29) is 35.5 Å². The fraction of sp³-hybridized carbons (Fsp3) is 0.148. The Kier molecular flexibility index (Phi) is 7.74. The molecule has 0 aliphatic carbocycles. The number of H-pyrrole nitrogens is 1. The van der Waals surface area contributed by atoms with Crippen LogP contribution in [0.3, 0.4) is 0 Å². The highest BCUT2D eigenvalue weighted by Crippen LogP contribution is 2.35. The normalized spacial score (nSPS) is 11.9. The number of amides is 1. The molecule has 0 radical (unpaired) electrons. The summed E-state index contributed by atoms with van der Waals surface area (Å²) >= 11 is 6.25. The number of hydrogen-bond donors (Lipinski definition) is 3. The van der Waals surface area contributed by atoms with Crippen LogP contribution in [0.1, 0.15) is 17.3 Å². The fourth-order valence-corrected chi connectivity index (χ4v) is 4.26. The van der Waals surface area contributed by atoms with Crippen molar-refractivity contribution in [1.82, 2.24) is 24.3 Å². The molecule has 0 saturated heterocycles. The first-order chi connectivity index (χ1) is 20.1. The van der Waals surface area contributed by atoms with Gasteiger partial charge in [-0.1, -0.05) is 0 Å². The maximum atomic E-state index is 15.2. The van der Waals surface area contributed by atoms with Crippen molar-refractivity contribution in [3.8, 4) is 17.2 Å². The predicted octanol–water partition coefficient (Wildman–Crippen LogP) is 3.47. The number of aliphatic hydroxyl groups is 1. The zero-order valence-corrected chi connectivity index (χ0v) is 22.8. The van der Waals surface area contributed by atoms with Gasteiger partial charge >= 0.3 is 5.69 Å². The first kappa shape index (κ1) is 28.4. The van der Waals surface area contributed by atoms with Gasteiger partial charge in [0.15, 0.2) is 23.0 Å². The molecule has 3 aromatic heterocycles. The number of nitrogens with one attached hydrogen (secondary N) is 2. The summed E-state index contributed by atoms with van der Waals surface area (Å²) in [7, 11) is 1.32. The summed E-state index contributed by atoms with van der Waals surface area (Å²) in [4.78, 5) is 43.2. The van der Waals surface area contributed by atoms with E-state index in [1.54, 1.807) is 6.92 Å². The van der Waals surface area contributed by atoms with E-state index >= 15 is 4.39 Å². The number of halogens is 3. The highest BCUT2D eigenvalue weighted by Gasteiger charge is 2.24. The van der Waals surface area contributed by atoms with Crippen LogP contribution in [0.15, 0.2) is 70.5 Å². The highest BCUT2D eigenvalue weighted by atomic mass is 35.5. The van der Waals surface area contributed by atoms with E-state index in [1.807, 2.05) is 0 Å². The third kappa shape index (κ3) is 5.32. The largest absolute Gasteiger partial charge is 0.453 e. The molecule has 5 aromatic rings. The van der Waals surface area contributed by atoms with Gasteiger partial charge in [0.05, 0.1) is 18.0 Å². The van der Waals surface area contributed by atoms with Gasteiger partial charge in [0.25, 0.3) is 11.5 Å². The van der Waals surface area contributed by atoms with E-state index in [4.69, 9.17) is 16.5 Å². The first-order valence-corrected chi connectivity index (χ1v) is 12.7. The number of aliphatic hydroxyl groups excluding tert-OH is 1. The first-order valence-electron chi connectivity index (χ1n) is 12.4. The van der Waals surface area contributed by atoms with Crippen LogP contribution in [-0.2, 0) is 7.05 Å². The number of anilines is 2. The minimum absolute atomic E-state index is 0.0392. The molecule has 0 unspecified atom stereocenters. The Hall–Kier alpha value is -5.08. The number of aromatic amines is 1. The van der Waals surface area contributed by atoms with Crippen LogP contribution in [0, 0.1) is 11.6 Å². The number of carbonyl (C=O) groups is 1. The smallest absolute Gasteiger partial charge is 0.335 e. The summed E-state index contributed by atoms with van der Waals surface area (Å²) in [6.07, 6.45) is 2.45. The third-order valence-corrected chi connectivity index (χ3v) is 6.53. The van der Waals surface area contributed by atoms with Gasteiger partial charge in [-0.05, 0) is 43.3 Å². The van der Waals surface area contributed by atoms with Crippen molar-refractivity contribution in [3.63, 3.8) is 0 Å². The van der Waals surface area contributed by atoms with E-state index in [2.05, 4.69) is 20.5 Å². The van der Waals surface area contributed by atoms with Crippen LogP contribution in [0.4, 0.5) is 20.3 Å². The van der Waals surface area contributed by atoms with Crippen LogP contribution >= 0.6 is 11.8 Å². The summed E-state index contributed by atoms with van der Waals surface area (Å²) in [5.74, 6) is -2.17. The van der Waals surface area contributed by atoms with Crippen molar-refractivity contribution in [1.29, 1.82) is 0 Å². The number of benzene rings is 2. The summed E-state index contributed by atoms with van der Waals surface area (Å²) in [6.45, 7) is 1.58. The maximum Gasteiger partial charge on any atom is 0.335 e. The lowest BCUT2D eigenvalue weighted by Gasteiger charge is -2.17. The molecule has 0 aliphatic rings. The fourth-order valence-electron chi connectivity index (χ4n) is 4.06. The van der Waals surface area contributed by atoms with E-state index in [0.29, 0.717) is 25.8 Å². The second-order valence-electron chi connectivity index (χ2n) is 9.19. The van der Waals surface area contributed by atoms with Crippen LogP contribution in [0.5, 0.6) is 11.5 Å². The SMILES string of the molecule is C[C@H](CO)Nc1n[nH]c2nccc(Oc3ccc(N(Cl)C(=O)c4cn(C)c(=O)n(-c5ccc(F)cc5)c4=O)cc3F)c12. The van der Waals surface area contributed by atoms with Gasteiger partial charge in [-0.3, -0.25) is 14.7 Å². The molecule has 0 spiro atoms. The van der Waals surface area contributed by atoms with Gasteiger partial charge in [0.2, 0.25) is 0 Å². The topological polar surface area (TPSA) is 147 Å². The lowest BCUT2D eigenvalue weighted by molar-refractivity contribution is 0.100. The van der Waals surface area contributed by atoms with Crippen molar-refractivity contribution in [2.75, 3.05) is 16.3 Å². The lowest BCUT2D eigenvalue weighted by Crippen LogP contribution is -2.42. The zero-order valence-electron chi connectivity index (χ0n) is 22.0. The molecule has 1 atom stereocenters. The van der Waals surface area contributed by atoms with Gasteiger partial charge in [0.1, 0.15) is 22.5 Å². The molecule has 0 aliphatic heterocycles. The van der Waals surface area contributed by atoms with E-state index in [9.17, 15) is 23.9 Å². The number of hydrogen-bond acceptors (Lipinski definition) is 8. The second kappa shape index (κ2) is 11.4. The monoisotopic (exact) mass is 597 g/mol. The predicted molar refractivity (Wildman–Crippen MR) is 150 cm³/mol. The molecule has 5 rings (SSSR count). The Morgan fingerprint density at radius 3 is 2.60 bits per heavy atom. The van der Waals surface area contributed by atoms with E-state index in [1.165, 1.54) is 43.6 Å². The number of rotatable bonds is 8. The number of pyridine rings is 1. The average molecular weight is 598 g/mol. The number of carbonyl (C=O) groups excluding carboxylic acids is 1. The summed E-state index contributed by atoms with van der Waals surface area (Å²) < 4.78 is 36.6. The number of ether oxygens (including phenoxy) is 1. The molecular weight excluding hydrogens is 576 g/mol. The van der Waals surface area contributed by atoms with E-state index in [0.717, 1.165) is 29.0 Å². The van der Waals surface area contributed by atoms with Gasteiger partial charge in [-0.15, -0.1) is 0 Å². The molecule has 3 N–H and O–H groups in total. The van der Waals surface area contributed by atoms with Gasteiger partial charge < -0.3 is 19.7 Å². The Morgan fingerprint density at radius 2 is 1.90 bits per heavy atom.